The van der Waals surface area contributed by atoms with E-state index in [1.165, 1.54) is 0 Å². The maximum atomic E-state index is 12.0. The number of primary amides is 1. The number of carboxylic acids is 1. The molecule has 1 aromatic carbocycles. The maximum Gasteiger partial charge on any atom is 0.326 e. The Balaban J connectivity index is 2.80. The molecule has 6 heteroatoms. The fourth-order valence-corrected chi connectivity index (χ4v) is 1.85. The number of carbonyl (C=O) groups excluding carboxylic acids is 2. The summed E-state index contributed by atoms with van der Waals surface area (Å²) in [5, 5.41) is 11.4. The van der Waals surface area contributed by atoms with Crippen molar-refractivity contribution in [2.24, 2.45) is 5.73 Å². The number of carbonyl (C=O) groups is 3. The second-order valence-corrected chi connectivity index (χ2v) is 4.69. The number of nitrogens with two attached hydrogens (primary N) is 1. The van der Waals surface area contributed by atoms with Crippen LogP contribution in [0.5, 0.6) is 0 Å². The highest BCUT2D eigenvalue weighted by atomic mass is 16.4. The molecule has 0 unspecified atom stereocenters. The molecule has 0 spiro atoms. The summed E-state index contributed by atoms with van der Waals surface area (Å²) in [6.45, 7) is 3.68. The van der Waals surface area contributed by atoms with Crippen molar-refractivity contribution in [3.63, 3.8) is 0 Å². The van der Waals surface area contributed by atoms with Gasteiger partial charge in [-0.3, -0.25) is 9.59 Å². The molecule has 1 atom stereocenters. The summed E-state index contributed by atoms with van der Waals surface area (Å²) in [5.74, 6) is -2.26. The average molecular weight is 278 g/mol. The summed E-state index contributed by atoms with van der Waals surface area (Å²) >= 11 is 0. The second-order valence-electron chi connectivity index (χ2n) is 4.69. The fourth-order valence-electron chi connectivity index (χ4n) is 1.85. The van der Waals surface area contributed by atoms with Gasteiger partial charge in [0, 0.05) is 12.0 Å². The predicted octanol–water partition coefficient (Wildman–Crippen LogP) is 0.752. The van der Waals surface area contributed by atoms with E-state index in [4.69, 9.17) is 10.8 Å². The summed E-state index contributed by atoms with van der Waals surface area (Å²) in [7, 11) is 0. The number of benzene rings is 1. The normalized spacial score (nSPS) is 11.7. The molecule has 4 N–H and O–H groups in total. The zero-order chi connectivity index (χ0) is 15.3. The molecule has 0 saturated carbocycles. The Morgan fingerprint density at radius 2 is 1.95 bits per heavy atom. The summed E-state index contributed by atoms with van der Waals surface area (Å²) in [4.78, 5) is 33.8. The first-order valence-electron chi connectivity index (χ1n) is 6.20. The van der Waals surface area contributed by atoms with Crippen LogP contribution in [0.2, 0.25) is 0 Å². The molecular weight excluding hydrogens is 260 g/mol. The maximum absolute atomic E-state index is 12.0. The minimum atomic E-state index is -1.19. The molecule has 0 fully saturated rings. The molecule has 1 aromatic rings. The van der Waals surface area contributed by atoms with E-state index in [0.29, 0.717) is 5.56 Å². The fraction of sp³-hybridized carbons (Fsp3) is 0.357. The second kappa shape index (κ2) is 6.70. The Morgan fingerprint density at radius 3 is 2.45 bits per heavy atom. The highest BCUT2D eigenvalue weighted by Gasteiger charge is 2.21. The van der Waals surface area contributed by atoms with E-state index >= 15 is 0 Å². The number of hydrogen-bond donors (Lipinski definition) is 3. The van der Waals surface area contributed by atoms with Crippen molar-refractivity contribution in [3.05, 3.63) is 34.9 Å². The average Bonchev–Trinajstić information content (AvgIpc) is 2.33. The largest absolute Gasteiger partial charge is 0.480 e. The number of hydrogen-bond acceptors (Lipinski definition) is 3. The molecule has 0 heterocycles. The van der Waals surface area contributed by atoms with Gasteiger partial charge < -0.3 is 16.2 Å². The van der Waals surface area contributed by atoms with E-state index in [0.717, 1.165) is 11.1 Å². The number of aryl methyl sites for hydroxylation is 2. The van der Waals surface area contributed by atoms with Gasteiger partial charge in [0.2, 0.25) is 5.91 Å². The molecule has 2 amide bonds. The van der Waals surface area contributed by atoms with E-state index < -0.39 is 23.8 Å². The summed E-state index contributed by atoms with van der Waals surface area (Å²) in [5.41, 5.74) is 7.18. The van der Waals surface area contributed by atoms with E-state index in [2.05, 4.69) is 5.32 Å². The third kappa shape index (κ3) is 4.38. The minimum absolute atomic E-state index is 0.0265. The number of carboxylic acid groups (broad SMARTS) is 1. The van der Waals surface area contributed by atoms with Gasteiger partial charge in [-0.15, -0.1) is 0 Å². The quantitative estimate of drug-likeness (QED) is 0.713. The van der Waals surface area contributed by atoms with Crippen LogP contribution in [0.25, 0.3) is 0 Å². The molecule has 108 valence electrons. The number of amides is 2. The lowest BCUT2D eigenvalue weighted by Gasteiger charge is -2.15. The number of aliphatic carboxylic acids is 1. The molecule has 0 radical (unpaired) electrons. The molecule has 0 aromatic heterocycles. The SMILES string of the molecule is Cc1ccc(C(=O)N[C@@H](CCC(N)=O)C(=O)O)c(C)c1. The standard InChI is InChI=1S/C14H18N2O4/c1-8-3-4-10(9(2)7-8)13(18)16-11(14(19)20)5-6-12(15)17/h3-4,7,11H,5-6H2,1-2H3,(H2,15,17)(H,16,18)(H,19,20)/t11-/m0/s1. The molecule has 0 bridgehead atoms. The van der Waals surface area contributed by atoms with Gasteiger partial charge in [0.05, 0.1) is 0 Å². The smallest absolute Gasteiger partial charge is 0.326 e. The monoisotopic (exact) mass is 278 g/mol. The van der Waals surface area contributed by atoms with Gasteiger partial charge in [-0.1, -0.05) is 17.7 Å². The van der Waals surface area contributed by atoms with E-state index in [9.17, 15) is 14.4 Å². The van der Waals surface area contributed by atoms with Crippen molar-refractivity contribution in [3.8, 4) is 0 Å². The highest BCUT2D eigenvalue weighted by molar-refractivity contribution is 5.97. The lowest BCUT2D eigenvalue weighted by molar-refractivity contribution is -0.139. The Hall–Kier alpha value is -2.37. The number of rotatable bonds is 6. The van der Waals surface area contributed by atoms with E-state index in [1.807, 2.05) is 13.0 Å². The van der Waals surface area contributed by atoms with Gasteiger partial charge in [-0.05, 0) is 31.9 Å². The zero-order valence-corrected chi connectivity index (χ0v) is 11.5. The molecule has 1 rings (SSSR count). The summed E-state index contributed by atoms with van der Waals surface area (Å²) < 4.78 is 0. The van der Waals surface area contributed by atoms with Crippen LogP contribution in [-0.2, 0) is 9.59 Å². The Labute approximate surface area is 117 Å². The Morgan fingerprint density at radius 1 is 1.30 bits per heavy atom. The molecule has 20 heavy (non-hydrogen) atoms. The third-order valence-electron chi connectivity index (χ3n) is 2.91. The minimum Gasteiger partial charge on any atom is -0.480 e. The molecule has 0 saturated heterocycles. The van der Waals surface area contributed by atoms with Crippen LogP contribution in [0.15, 0.2) is 18.2 Å². The highest BCUT2D eigenvalue weighted by Crippen LogP contribution is 2.11. The van der Waals surface area contributed by atoms with Crippen molar-refractivity contribution in [1.82, 2.24) is 5.32 Å². The third-order valence-corrected chi connectivity index (χ3v) is 2.91. The molecule has 0 aliphatic carbocycles. The predicted molar refractivity (Wildman–Crippen MR) is 73.2 cm³/mol. The Bertz CT molecular complexity index is 540. The molecule has 0 aliphatic heterocycles. The first-order chi connectivity index (χ1) is 9.31. The van der Waals surface area contributed by atoms with Crippen LogP contribution in [-0.4, -0.2) is 28.9 Å². The first-order valence-corrected chi connectivity index (χ1v) is 6.20. The molecule has 0 aliphatic rings. The lowest BCUT2D eigenvalue weighted by atomic mass is 10.0. The van der Waals surface area contributed by atoms with Gasteiger partial charge in [-0.25, -0.2) is 4.79 Å². The van der Waals surface area contributed by atoms with Crippen LogP contribution < -0.4 is 11.1 Å². The van der Waals surface area contributed by atoms with Crippen LogP contribution in [0.4, 0.5) is 0 Å². The van der Waals surface area contributed by atoms with Crippen LogP contribution in [0.1, 0.15) is 34.3 Å². The van der Waals surface area contributed by atoms with Crippen molar-refractivity contribution in [2.75, 3.05) is 0 Å². The van der Waals surface area contributed by atoms with Gasteiger partial charge >= 0.3 is 5.97 Å². The van der Waals surface area contributed by atoms with Crippen LogP contribution >= 0.6 is 0 Å². The zero-order valence-electron chi connectivity index (χ0n) is 11.5. The van der Waals surface area contributed by atoms with Gasteiger partial charge in [0.25, 0.3) is 5.91 Å². The molecule has 6 nitrogen and oxygen atoms in total. The first kappa shape index (κ1) is 15.7. The van der Waals surface area contributed by atoms with Crippen LogP contribution in [0.3, 0.4) is 0 Å². The van der Waals surface area contributed by atoms with Gasteiger partial charge in [-0.2, -0.15) is 0 Å². The van der Waals surface area contributed by atoms with Crippen molar-refractivity contribution >= 4 is 17.8 Å². The van der Waals surface area contributed by atoms with Crippen molar-refractivity contribution < 1.29 is 19.5 Å². The van der Waals surface area contributed by atoms with E-state index in [1.54, 1.807) is 19.1 Å². The van der Waals surface area contributed by atoms with E-state index in [-0.39, 0.29) is 12.8 Å². The molecular formula is C14H18N2O4. The summed E-state index contributed by atoms with van der Waals surface area (Å²) in [6.07, 6.45) is -0.120. The van der Waals surface area contributed by atoms with Crippen molar-refractivity contribution in [2.45, 2.75) is 32.7 Å². The van der Waals surface area contributed by atoms with Gasteiger partial charge in [0.15, 0.2) is 0 Å². The summed E-state index contributed by atoms with van der Waals surface area (Å²) in [6, 6.07) is 4.14. The topological polar surface area (TPSA) is 109 Å². The Kier molecular flexibility index (Phi) is 5.25. The van der Waals surface area contributed by atoms with Gasteiger partial charge in [0.1, 0.15) is 6.04 Å². The van der Waals surface area contributed by atoms with Crippen molar-refractivity contribution in [1.29, 1.82) is 0 Å². The number of nitrogens with one attached hydrogen (secondary N) is 1. The van der Waals surface area contributed by atoms with Crippen LogP contribution in [0, 0.1) is 13.8 Å². The lowest BCUT2D eigenvalue weighted by Crippen LogP contribution is -2.41.